The summed E-state index contributed by atoms with van der Waals surface area (Å²) in [7, 11) is 0. The monoisotopic (exact) mass is 224 g/mol. The Hall–Kier alpha value is -0.260. The first kappa shape index (κ1) is 15.7. The first-order valence-corrected chi connectivity index (χ1v) is 7.14. The summed E-state index contributed by atoms with van der Waals surface area (Å²) in [5.74, 6) is 2.45. The van der Waals surface area contributed by atoms with Gasteiger partial charge in [-0.25, -0.2) is 0 Å². The van der Waals surface area contributed by atoms with E-state index in [1.165, 1.54) is 32.1 Å². The third-order valence-corrected chi connectivity index (χ3v) is 3.53. The van der Waals surface area contributed by atoms with Gasteiger partial charge in [-0.3, -0.25) is 0 Å². The maximum atomic E-state index is 2.49. The van der Waals surface area contributed by atoms with Gasteiger partial charge < -0.3 is 0 Å². The topological polar surface area (TPSA) is 0 Å². The van der Waals surface area contributed by atoms with Crippen LogP contribution >= 0.6 is 0 Å². The predicted molar refractivity (Wildman–Crippen MR) is 75.7 cm³/mol. The SMILES string of the molecule is CCCC(C)=CC(C)C(C)CCCC(C)C. The lowest BCUT2D eigenvalue weighted by Crippen LogP contribution is -2.06. The fourth-order valence-corrected chi connectivity index (χ4v) is 2.20. The fraction of sp³-hybridized carbons (Fsp3) is 0.875. The zero-order valence-electron chi connectivity index (χ0n) is 12.3. The van der Waals surface area contributed by atoms with Gasteiger partial charge in [0.2, 0.25) is 0 Å². The molecule has 0 heteroatoms. The predicted octanol–water partition coefficient (Wildman–Crippen LogP) is 5.83. The molecule has 2 atom stereocenters. The molecule has 96 valence electrons. The van der Waals surface area contributed by atoms with Crippen molar-refractivity contribution in [3.05, 3.63) is 11.6 Å². The minimum atomic E-state index is 0.749. The van der Waals surface area contributed by atoms with Gasteiger partial charge in [-0.05, 0) is 31.1 Å². The van der Waals surface area contributed by atoms with Gasteiger partial charge in [0.05, 0.1) is 0 Å². The van der Waals surface area contributed by atoms with Crippen LogP contribution in [0.15, 0.2) is 11.6 Å². The van der Waals surface area contributed by atoms with Crippen LogP contribution in [0.4, 0.5) is 0 Å². The average Bonchev–Trinajstić information content (AvgIpc) is 2.17. The van der Waals surface area contributed by atoms with E-state index in [1.807, 2.05) is 0 Å². The second kappa shape index (κ2) is 8.84. The normalized spacial score (nSPS) is 16.6. The third-order valence-electron chi connectivity index (χ3n) is 3.53. The molecule has 0 bridgehead atoms. The van der Waals surface area contributed by atoms with E-state index in [9.17, 15) is 0 Å². The Morgan fingerprint density at radius 1 is 1.06 bits per heavy atom. The van der Waals surface area contributed by atoms with Crippen LogP contribution in [0.25, 0.3) is 0 Å². The molecule has 0 rings (SSSR count). The highest BCUT2D eigenvalue weighted by molar-refractivity contribution is 5.00. The molecule has 0 amide bonds. The smallest absolute Gasteiger partial charge is 0.0234 e. The summed E-state index contributed by atoms with van der Waals surface area (Å²) >= 11 is 0. The van der Waals surface area contributed by atoms with E-state index in [-0.39, 0.29) is 0 Å². The van der Waals surface area contributed by atoms with E-state index in [4.69, 9.17) is 0 Å². The minimum Gasteiger partial charge on any atom is -0.0825 e. The largest absolute Gasteiger partial charge is 0.0825 e. The van der Waals surface area contributed by atoms with Crippen LogP contribution in [-0.4, -0.2) is 0 Å². The van der Waals surface area contributed by atoms with E-state index in [0.29, 0.717) is 0 Å². The zero-order valence-corrected chi connectivity index (χ0v) is 12.3. The molecule has 0 aliphatic rings. The Morgan fingerprint density at radius 3 is 2.19 bits per heavy atom. The van der Waals surface area contributed by atoms with E-state index in [2.05, 4.69) is 47.6 Å². The van der Waals surface area contributed by atoms with E-state index in [1.54, 1.807) is 5.57 Å². The van der Waals surface area contributed by atoms with Crippen molar-refractivity contribution in [3.63, 3.8) is 0 Å². The fourth-order valence-electron chi connectivity index (χ4n) is 2.20. The highest BCUT2D eigenvalue weighted by Crippen LogP contribution is 2.22. The van der Waals surface area contributed by atoms with Gasteiger partial charge in [-0.1, -0.05) is 72.0 Å². The first-order valence-electron chi connectivity index (χ1n) is 7.14. The van der Waals surface area contributed by atoms with Gasteiger partial charge in [0.1, 0.15) is 0 Å². The van der Waals surface area contributed by atoms with Gasteiger partial charge in [0.25, 0.3) is 0 Å². The lowest BCUT2D eigenvalue weighted by atomic mass is 9.88. The van der Waals surface area contributed by atoms with Crippen molar-refractivity contribution in [2.24, 2.45) is 17.8 Å². The number of allylic oxidation sites excluding steroid dienone is 2. The van der Waals surface area contributed by atoms with Crippen LogP contribution < -0.4 is 0 Å². The molecule has 2 unspecified atom stereocenters. The van der Waals surface area contributed by atoms with Gasteiger partial charge in [0.15, 0.2) is 0 Å². The Balaban J connectivity index is 3.89. The zero-order chi connectivity index (χ0) is 12.6. The molecule has 0 N–H and O–H groups in total. The number of hydrogen-bond acceptors (Lipinski definition) is 0. The molecular weight excluding hydrogens is 192 g/mol. The maximum Gasteiger partial charge on any atom is -0.0234 e. The van der Waals surface area contributed by atoms with Crippen LogP contribution in [0.1, 0.15) is 73.6 Å². The summed E-state index contributed by atoms with van der Waals surface area (Å²) in [4.78, 5) is 0. The first-order chi connectivity index (χ1) is 7.47. The van der Waals surface area contributed by atoms with Crippen LogP contribution in [0, 0.1) is 17.8 Å². The second-order valence-electron chi connectivity index (χ2n) is 5.92. The molecule has 0 aliphatic heterocycles. The summed E-state index contributed by atoms with van der Waals surface area (Å²) in [5.41, 5.74) is 1.57. The van der Waals surface area contributed by atoms with Gasteiger partial charge >= 0.3 is 0 Å². The van der Waals surface area contributed by atoms with E-state index < -0.39 is 0 Å². The van der Waals surface area contributed by atoms with Gasteiger partial charge in [0, 0.05) is 0 Å². The molecule has 0 aromatic carbocycles. The molecule has 16 heavy (non-hydrogen) atoms. The molecule has 0 aromatic rings. The summed E-state index contributed by atoms with van der Waals surface area (Å²) in [6.45, 7) is 14.0. The number of hydrogen-bond donors (Lipinski definition) is 0. The minimum absolute atomic E-state index is 0.749. The Kier molecular flexibility index (Phi) is 8.70. The van der Waals surface area contributed by atoms with Crippen molar-refractivity contribution < 1.29 is 0 Å². The molecule has 0 saturated carbocycles. The maximum absolute atomic E-state index is 2.49. The van der Waals surface area contributed by atoms with Crippen molar-refractivity contribution in [2.75, 3.05) is 0 Å². The van der Waals surface area contributed by atoms with Gasteiger partial charge in [-0.2, -0.15) is 0 Å². The highest BCUT2D eigenvalue weighted by atomic mass is 14.2. The summed E-state index contributed by atoms with van der Waals surface area (Å²) in [6.07, 6.45) is 9.19. The molecule has 0 fully saturated rings. The quantitative estimate of drug-likeness (QED) is 0.455. The molecule has 0 aromatic heterocycles. The van der Waals surface area contributed by atoms with Crippen molar-refractivity contribution in [1.82, 2.24) is 0 Å². The van der Waals surface area contributed by atoms with Crippen molar-refractivity contribution in [3.8, 4) is 0 Å². The molecule has 0 aliphatic carbocycles. The standard InChI is InChI=1S/C16H32/c1-7-9-14(4)12-16(6)15(5)11-8-10-13(2)3/h12-13,15-16H,7-11H2,1-6H3. The van der Waals surface area contributed by atoms with E-state index in [0.717, 1.165) is 17.8 Å². The molecular formula is C16H32. The van der Waals surface area contributed by atoms with Crippen molar-refractivity contribution >= 4 is 0 Å². The van der Waals surface area contributed by atoms with Crippen molar-refractivity contribution in [2.45, 2.75) is 73.6 Å². The highest BCUT2D eigenvalue weighted by Gasteiger charge is 2.10. The Labute approximate surface area is 104 Å². The number of rotatable bonds is 8. The van der Waals surface area contributed by atoms with Crippen LogP contribution in [0.5, 0.6) is 0 Å². The lowest BCUT2D eigenvalue weighted by molar-refractivity contribution is 0.391. The molecule has 0 spiro atoms. The Bertz CT molecular complexity index is 188. The van der Waals surface area contributed by atoms with Crippen LogP contribution in [-0.2, 0) is 0 Å². The summed E-state index contributed by atoms with van der Waals surface area (Å²) in [5, 5.41) is 0. The van der Waals surface area contributed by atoms with Crippen LogP contribution in [0.2, 0.25) is 0 Å². The molecule has 0 nitrogen and oxygen atoms in total. The Morgan fingerprint density at radius 2 is 1.69 bits per heavy atom. The molecule has 0 radical (unpaired) electrons. The van der Waals surface area contributed by atoms with Crippen molar-refractivity contribution in [1.29, 1.82) is 0 Å². The molecule has 0 heterocycles. The average molecular weight is 224 g/mol. The second-order valence-corrected chi connectivity index (χ2v) is 5.92. The third kappa shape index (κ3) is 7.96. The summed E-state index contributed by atoms with van der Waals surface area (Å²) < 4.78 is 0. The lowest BCUT2D eigenvalue weighted by Gasteiger charge is -2.18. The summed E-state index contributed by atoms with van der Waals surface area (Å²) in [6, 6.07) is 0. The van der Waals surface area contributed by atoms with E-state index >= 15 is 0 Å². The van der Waals surface area contributed by atoms with Crippen LogP contribution in [0.3, 0.4) is 0 Å². The van der Waals surface area contributed by atoms with Gasteiger partial charge in [-0.15, -0.1) is 0 Å². The molecule has 0 saturated heterocycles.